The van der Waals surface area contributed by atoms with Gasteiger partial charge >= 0.3 is 12.1 Å². The SMILES string of the molecule is COC1(C=C(NC(=O)OCc2ccccc2)C(=O)O)CC1. The maximum absolute atomic E-state index is 11.6. The van der Waals surface area contributed by atoms with Gasteiger partial charge in [-0.15, -0.1) is 0 Å². The lowest BCUT2D eigenvalue weighted by molar-refractivity contribution is -0.133. The number of ether oxygens (including phenoxy) is 2. The zero-order valence-electron chi connectivity index (χ0n) is 11.7. The molecule has 1 aromatic rings. The molecular weight excluding hydrogens is 274 g/mol. The molecule has 1 aliphatic carbocycles. The third kappa shape index (κ3) is 4.32. The molecule has 1 saturated carbocycles. The first-order chi connectivity index (χ1) is 10.0. The molecule has 1 fully saturated rings. The van der Waals surface area contributed by atoms with Crippen molar-refractivity contribution in [3.8, 4) is 0 Å². The Hall–Kier alpha value is -2.34. The fourth-order valence-electron chi connectivity index (χ4n) is 1.81. The Morgan fingerprint density at radius 3 is 2.52 bits per heavy atom. The van der Waals surface area contributed by atoms with Crippen LogP contribution in [-0.2, 0) is 20.9 Å². The van der Waals surface area contributed by atoms with Crippen LogP contribution in [0.1, 0.15) is 18.4 Å². The molecule has 6 heteroatoms. The lowest BCUT2D eigenvalue weighted by Crippen LogP contribution is -2.29. The zero-order valence-corrected chi connectivity index (χ0v) is 11.7. The maximum atomic E-state index is 11.6. The lowest BCUT2D eigenvalue weighted by Gasteiger charge is -2.11. The maximum Gasteiger partial charge on any atom is 0.412 e. The van der Waals surface area contributed by atoms with Gasteiger partial charge < -0.3 is 14.6 Å². The molecule has 112 valence electrons. The smallest absolute Gasteiger partial charge is 0.412 e. The van der Waals surface area contributed by atoms with E-state index >= 15 is 0 Å². The van der Waals surface area contributed by atoms with E-state index in [2.05, 4.69) is 5.32 Å². The third-order valence-corrected chi connectivity index (χ3v) is 3.24. The minimum absolute atomic E-state index is 0.0784. The predicted molar refractivity (Wildman–Crippen MR) is 74.5 cm³/mol. The van der Waals surface area contributed by atoms with E-state index in [0.29, 0.717) is 0 Å². The van der Waals surface area contributed by atoms with Crippen molar-refractivity contribution in [1.29, 1.82) is 0 Å². The molecule has 0 spiro atoms. The fraction of sp³-hybridized carbons (Fsp3) is 0.333. The van der Waals surface area contributed by atoms with Crippen molar-refractivity contribution in [1.82, 2.24) is 5.32 Å². The molecular formula is C15H17NO5. The Labute approximate surface area is 122 Å². The van der Waals surface area contributed by atoms with Gasteiger partial charge in [0.1, 0.15) is 12.3 Å². The molecule has 2 N–H and O–H groups in total. The Morgan fingerprint density at radius 2 is 2.00 bits per heavy atom. The average molecular weight is 291 g/mol. The molecule has 0 heterocycles. The molecule has 0 bridgehead atoms. The number of methoxy groups -OCH3 is 1. The van der Waals surface area contributed by atoms with Crippen LogP contribution in [0, 0.1) is 0 Å². The first kappa shape index (κ1) is 15.1. The standard InChI is InChI=1S/C15H17NO5/c1-20-15(7-8-15)9-12(13(17)18)16-14(19)21-10-11-5-3-2-4-6-11/h2-6,9H,7-8,10H2,1H3,(H,16,19)(H,17,18). The number of rotatable bonds is 6. The van der Waals surface area contributed by atoms with E-state index < -0.39 is 17.7 Å². The van der Waals surface area contributed by atoms with Gasteiger partial charge in [-0.25, -0.2) is 9.59 Å². The van der Waals surface area contributed by atoms with E-state index in [-0.39, 0.29) is 12.3 Å². The summed E-state index contributed by atoms with van der Waals surface area (Å²) in [6.07, 6.45) is 2.08. The summed E-state index contributed by atoms with van der Waals surface area (Å²) in [5.74, 6) is -1.23. The number of carboxylic acids is 1. The van der Waals surface area contributed by atoms with Gasteiger partial charge in [-0.1, -0.05) is 30.3 Å². The number of carbonyl (C=O) groups is 2. The number of carboxylic acid groups (broad SMARTS) is 1. The summed E-state index contributed by atoms with van der Waals surface area (Å²) in [5.41, 5.74) is 0.0249. The van der Waals surface area contributed by atoms with Gasteiger partial charge in [0.15, 0.2) is 0 Å². The zero-order chi connectivity index (χ0) is 15.3. The molecule has 6 nitrogen and oxygen atoms in total. The van der Waals surface area contributed by atoms with Crippen LogP contribution >= 0.6 is 0 Å². The number of benzene rings is 1. The van der Waals surface area contributed by atoms with Crippen molar-refractivity contribution < 1.29 is 24.2 Å². The van der Waals surface area contributed by atoms with Crippen molar-refractivity contribution in [2.24, 2.45) is 0 Å². The molecule has 21 heavy (non-hydrogen) atoms. The largest absolute Gasteiger partial charge is 0.477 e. The van der Waals surface area contributed by atoms with E-state index in [1.54, 1.807) is 0 Å². The average Bonchev–Trinajstić information content (AvgIpc) is 3.26. The highest BCUT2D eigenvalue weighted by Crippen LogP contribution is 2.40. The Morgan fingerprint density at radius 1 is 1.33 bits per heavy atom. The van der Waals surface area contributed by atoms with E-state index in [1.165, 1.54) is 13.2 Å². The number of aliphatic carboxylic acids is 1. The number of alkyl carbamates (subject to hydrolysis) is 1. The molecule has 0 aromatic heterocycles. The molecule has 1 aliphatic rings. The third-order valence-electron chi connectivity index (χ3n) is 3.24. The van der Waals surface area contributed by atoms with Crippen LogP contribution < -0.4 is 5.32 Å². The highest BCUT2D eigenvalue weighted by molar-refractivity contribution is 5.91. The molecule has 1 amide bonds. The van der Waals surface area contributed by atoms with Gasteiger partial charge in [-0.3, -0.25) is 5.32 Å². The van der Waals surface area contributed by atoms with Crippen molar-refractivity contribution in [2.75, 3.05) is 7.11 Å². The predicted octanol–water partition coefficient (Wildman–Crippen LogP) is 2.06. The molecule has 0 radical (unpaired) electrons. The Bertz CT molecular complexity index is 548. The van der Waals surface area contributed by atoms with E-state index in [1.807, 2.05) is 30.3 Å². The molecule has 0 saturated heterocycles. The van der Waals surface area contributed by atoms with Gasteiger partial charge in [0.05, 0.1) is 5.60 Å². The van der Waals surface area contributed by atoms with Crippen molar-refractivity contribution in [3.05, 3.63) is 47.7 Å². The normalized spacial score (nSPS) is 16.1. The monoisotopic (exact) mass is 291 g/mol. The highest BCUT2D eigenvalue weighted by atomic mass is 16.5. The fourth-order valence-corrected chi connectivity index (χ4v) is 1.81. The number of nitrogens with one attached hydrogen (secondary N) is 1. The number of amides is 1. The van der Waals surface area contributed by atoms with Gasteiger partial charge in [-0.05, 0) is 24.5 Å². The molecule has 2 rings (SSSR count). The second kappa shape index (κ2) is 6.41. The van der Waals surface area contributed by atoms with E-state index in [4.69, 9.17) is 14.6 Å². The van der Waals surface area contributed by atoms with Crippen LogP contribution in [0.25, 0.3) is 0 Å². The van der Waals surface area contributed by atoms with Crippen molar-refractivity contribution in [2.45, 2.75) is 25.0 Å². The van der Waals surface area contributed by atoms with Gasteiger partial charge in [0.25, 0.3) is 0 Å². The summed E-state index contributed by atoms with van der Waals surface area (Å²) < 4.78 is 10.2. The molecule has 0 atom stereocenters. The quantitative estimate of drug-likeness (QED) is 0.784. The van der Waals surface area contributed by atoms with Gasteiger partial charge in [0.2, 0.25) is 0 Å². The second-order valence-corrected chi connectivity index (χ2v) is 4.82. The van der Waals surface area contributed by atoms with Gasteiger partial charge in [0, 0.05) is 7.11 Å². The van der Waals surface area contributed by atoms with Crippen LogP contribution in [0.2, 0.25) is 0 Å². The minimum atomic E-state index is -1.23. The summed E-state index contributed by atoms with van der Waals surface area (Å²) in [7, 11) is 1.51. The van der Waals surface area contributed by atoms with Crippen molar-refractivity contribution >= 4 is 12.1 Å². The number of hydrogen-bond donors (Lipinski definition) is 2. The van der Waals surface area contributed by atoms with E-state index in [0.717, 1.165) is 18.4 Å². The first-order valence-electron chi connectivity index (χ1n) is 6.54. The summed E-state index contributed by atoms with van der Waals surface area (Å²) in [6.45, 7) is 0.0784. The van der Waals surface area contributed by atoms with Crippen molar-refractivity contribution in [3.63, 3.8) is 0 Å². The topological polar surface area (TPSA) is 84.9 Å². The molecule has 0 aliphatic heterocycles. The second-order valence-electron chi connectivity index (χ2n) is 4.82. The summed E-state index contributed by atoms with van der Waals surface area (Å²) >= 11 is 0. The van der Waals surface area contributed by atoms with Crippen LogP contribution in [0.5, 0.6) is 0 Å². The highest BCUT2D eigenvalue weighted by Gasteiger charge is 2.42. The van der Waals surface area contributed by atoms with Crippen LogP contribution in [0.4, 0.5) is 4.79 Å². The lowest BCUT2D eigenvalue weighted by atomic mass is 10.2. The first-order valence-corrected chi connectivity index (χ1v) is 6.54. The Kier molecular flexibility index (Phi) is 4.59. The van der Waals surface area contributed by atoms with Crippen LogP contribution in [-0.4, -0.2) is 29.9 Å². The van der Waals surface area contributed by atoms with Gasteiger partial charge in [-0.2, -0.15) is 0 Å². The summed E-state index contributed by atoms with van der Waals surface area (Å²) in [5, 5.41) is 11.3. The van der Waals surface area contributed by atoms with E-state index in [9.17, 15) is 9.59 Å². The Balaban J connectivity index is 1.92. The van der Waals surface area contributed by atoms with Crippen LogP contribution in [0.15, 0.2) is 42.1 Å². The molecule has 0 unspecified atom stereocenters. The summed E-state index contributed by atoms with van der Waals surface area (Å²) in [4.78, 5) is 22.8. The summed E-state index contributed by atoms with van der Waals surface area (Å²) in [6, 6.07) is 9.13. The number of carbonyl (C=O) groups excluding carboxylic acids is 1. The minimum Gasteiger partial charge on any atom is -0.477 e. The number of hydrogen-bond acceptors (Lipinski definition) is 4. The van der Waals surface area contributed by atoms with Crippen LogP contribution in [0.3, 0.4) is 0 Å². The molecule has 1 aromatic carbocycles.